The summed E-state index contributed by atoms with van der Waals surface area (Å²) in [6, 6.07) is 0. The second-order valence-electron chi connectivity index (χ2n) is 6.26. The van der Waals surface area contributed by atoms with Crippen LogP contribution in [0.5, 0.6) is 0 Å². The Morgan fingerprint density at radius 2 is 1.79 bits per heavy atom. The largest absolute Gasteiger partial charge is 0.368 e. The molecule has 0 saturated heterocycles. The van der Waals surface area contributed by atoms with Gasteiger partial charge in [0.05, 0.1) is 6.10 Å². The molecule has 114 valence electrons. The number of hydrogen-bond acceptors (Lipinski definition) is 4. The van der Waals surface area contributed by atoms with Gasteiger partial charge in [0.1, 0.15) is 0 Å². The van der Waals surface area contributed by atoms with Gasteiger partial charge in [-0.1, -0.05) is 27.7 Å². The van der Waals surface area contributed by atoms with Crippen molar-refractivity contribution in [2.24, 2.45) is 29.6 Å². The molecule has 0 amide bonds. The maximum absolute atomic E-state index is 11.0. The molecule has 0 aromatic heterocycles. The molecule has 4 unspecified atom stereocenters. The van der Waals surface area contributed by atoms with Crippen LogP contribution in [0, 0.1) is 29.6 Å². The summed E-state index contributed by atoms with van der Waals surface area (Å²) in [6.07, 6.45) is 0.0213. The average Bonchev–Trinajstić information content (AvgIpc) is 2.25. The van der Waals surface area contributed by atoms with Crippen molar-refractivity contribution in [1.29, 1.82) is 0 Å². The lowest BCUT2D eigenvalue weighted by Crippen LogP contribution is -2.44. The highest BCUT2D eigenvalue weighted by Gasteiger charge is 2.43. The lowest BCUT2D eigenvalue weighted by Gasteiger charge is -2.45. The van der Waals surface area contributed by atoms with Crippen molar-refractivity contribution in [3.05, 3.63) is 0 Å². The minimum Gasteiger partial charge on any atom is -0.368 e. The molecule has 0 bridgehead atoms. The highest BCUT2D eigenvalue weighted by Crippen LogP contribution is 2.45. The molecule has 1 saturated carbocycles. The maximum atomic E-state index is 11.0. The van der Waals surface area contributed by atoms with E-state index in [4.69, 9.17) is 9.42 Å². The van der Waals surface area contributed by atoms with Crippen LogP contribution in [-0.2, 0) is 9.09 Å². The summed E-state index contributed by atoms with van der Waals surface area (Å²) < 4.78 is 16.3. The summed E-state index contributed by atoms with van der Waals surface area (Å²) in [4.78, 5) is 9.05. The van der Waals surface area contributed by atoms with Crippen molar-refractivity contribution in [3.8, 4) is 0 Å². The standard InChI is InChI=1S/C13H27O5P/c1-7(2)12-10(9(4)13(14)15)5-8(3)6-11(12)18-19(16)17/h7-15,19H,5-6H2,1-4H3,(H,16,17)/t8-,9?,10?,11?,12+/m1/s1. The Bertz CT molecular complexity index is 307. The van der Waals surface area contributed by atoms with Crippen LogP contribution in [-0.4, -0.2) is 27.5 Å². The third-order valence-electron chi connectivity index (χ3n) is 4.40. The minimum absolute atomic E-state index is 0.0779. The summed E-state index contributed by atoms with van der Waals surface area (Å²) in [7, 11) is -2.97. The highest BCUT2D eigenvalue weighted by atomic mass is 31.1. The van der Waals surface area contributed by atoms with E-state index in [0.29, 0.717) is 5.92 Å². The van der Waals surface area contributed by atoms with E-state index >= 15 is 0 Å². The van der Waals surface area contributed by atoms with Gasteiger partial charge in [-0.15, -0.1) is 0 Å². The molecule has 0 aromatic carbocycles. The molecule has 0 aromatic rings. The van der Waals surface area contributed by atoms with E-state index in [1.54, 1.807) is 0 Å². The Balaban J connectivity index is 2.95. The zero-order valence-corrected chi connectivity index (χ0v) is 13.1. The quantitative estimate of drug-likeness (QED) is 0.533. The monoisotopic (exact) mass is 294 g/mol. The van der Waals surface area contributed by atoms with Crippen molar-refractivity contribution < 1.29 is 24.2 Å². The number of aliphatic hydroxyl groups excluding tert-OH is 1. The molecule has 6 heteroatoms. The van der Waals surface area contributed by atoms with E-state index < -0.39 is 14.5 Å². The van der Waals surface area contributed by atoms with Gasteiger partial charge in [-0.25, -0.2) is 0 Å². The number of aliphatic hydroxyl groups is 2. The third-order valence-corrected chi connectivity index (χ3v) is 4.90. The van der Waals surface area contributed by atoms with E-state index in [2.05, 4.69) is 20.8 Å². The Hall–Kier alpha value is 0.0700. The zero-order chi connectivity index (χ0) is 14.7. The van der Waals surface area contributed by atoms with Crippen LogP contribution in [0.15, 0.2) is 0 Å². The normalized spacial score (nSPS) is 35.6. The summed E-state index contributed by atoms with van der Waals surface area (Å²) in [5, 5.41) is 18.9. The first-order valence-electron chi connectivity index (χ1n) is 6.99. The van der Waals surface area contributed by atoms with Crippen LogP contribution >= 0.6 is 8.25 Å². The van der Waals surface area contributed by atoms with Crippen LogP contribution in [0.1, 0.15) is 40.5 Å². The first-order valence-corrected chi connectivity index (χ1v) is 8.26. The van der Waals surface area contributed by atoms with E-state index in [9.17, 15) is 14.8 Å². The van der Waals surface area contributed by atoms with Crippen molar-refractivity contribution in [2.75, 3.05) is 0 Å². The molecule has 1 aliphatic rings. The summed E-state index contributed by atoms with van der Waals surface area (Å²) in [5.41, 5.74) is 0. The molecule has 6 atom stereocenters. The van der Waals surface area contributed by atoms with E-state index in [1.807, 2.05) is 6.92 Å². The summed E-state index contributed by atoms with van der Waals surface area (Å²) in [5.74, 6) is 0.532. The lowest BCUT2D eigenvalue weighted by molar-refractivity contribution is -0.125. The first-order chi connectivity index (χ1) is 8.73. The van der Waals surface area contributed by atoms with Gasteiger partial charge in [-0.3, -0.25) is 4.57 Å². The second-order valence-corrected chi connectivity index (χ2v) is 7.02. The molecular weight excluding hydrogens is 267 g/mol. The van der Waals surface area contributed by atoms with E-state index in [-0.39, 0.29) is 29.8 Å². The molecule has 19 heavy (non-hydrogen) atoms. The molecule has 1 rings (SSSR count). The summed E-state index contributed by atoms with van der Waals surface area (Å²) >= 11 is 0. The van der Waals surface area contributed by atoms with Crippen molar-refractivity contribution >= 4 is 8.25 Å². The molecule has 0 aliphatic heterocycles. The topological polar surface area (TPSA) is 87.0 Å². The van der Waals surface area contributed by atoms with Gasteiger partial charge in [-0.05, 0) is 36.5 Å². The van der Waals surface area contributed by atoms with Crippen molar-refractivity contribution in [2.45, 2.75) is 52.9 Å². The number of hydrogen-bond donors (Lipinski definition) is 3. The molecule has 1 aliphatic carbocycles. The minimum atomic E-state index is -2.97. The van der Waals surface area contributed by atoms with Crippen molar-refractivity contribution in [3.63, 3.8) is 0 Å². The lowest BCUT2D eigenvalue weighted by atomic mass is 9.64. The van der Waals surface area contributed by atoms with Crippen LogP contribution in [0.4, 0.5) is 0 Å². The molecule has 5 nitrogen and oxygen atoms in total. The van der Waals surface area contributed by atoms with Crippen LogP contribution in [0.25, 0.3) is 0 Å². The smallest absolute Gasteiger partial charge is 0.316 e. The van der Waals surface area contributed by atoms with Gasteiger partial charge in [0, 0.05) is 5.92 Å². The predicted molar refractivity (Wildman–Crippen MR) is 73.7 cm³/mol. The molecule has 0 radical (unpaired) electrons. The van der Waals surface area contributed by atoms with Gasteiger partial charge in [0.15, 0.2) is 6.29 Å². The molecule has 1 fully saturated rings. The third kappa shape index (κ3) is 4.54. The van der Waals surface area contributed by atoms with E-state index in [1.165, 1.54) is 0 Å². The summed E-state index contributed by atoms with van der Waals surface area (Å²) in [6.45, 7) is 8.00. The Kier molecular flexibility index (Phi) is 6.48. The molecule has 0 heterocycles. The second kappa shape index (κ2) is 7.19. The number of rotatable bonds is 5. The van der Waals surface area contributed by atoms with Gasteiger partial charge in [0.25, 0.3) is 0 Å². The van der Waals surface area contributed by atoms with E-state index in [0.717, 1.165) is 12.8 Å². The molecule has 0 spiro atoms. The SMILES string of the molecule is CC(C(O)O)C1C[C@@H](C)CC(O[PH](=O)O)[C@H]1C(C)C. The Morgan fingerprint density at radius 3 is 2.21 bits per heavy atom. The first kappa shape index (κ1) is 17.1. The molecule has 3 N–H and O–H groups in total. The fourth-order valence-corrected chi connectivity index (χ4v) is 4.03. The van der Waals surface area contributed by atoms with Gasteiger partial charge >= 0.3 is 8.25 Å². The Morgan fingerprint density at radius 1 is 1.21 bits per heavy atom. The average molecular weight is 294 g/mol. The van der Waals surface area contributed by atoms with Gasteiger partial charge < -0.3 is 19.6 Å². The maximum Gasteiger partial charge on any atom is 0.316 e. The van der Waals surface area contributed by atoms with Crippen molar-refractivity contribution in [1.82, 2.24) is 0 Å². The van der Waals surface area contributed by atoms with Crippen LogP contribution in [0.2, 0.25) is 0 Å². The molecular formula is C13H27O5P. The predicted octanol–water partition coefficient (Wildman–Crippen LogP) is 2.02. The fraction of sp³-hybridized carbons (Fsp3) is 1.00. The van der Waals surface area contributed by atoms with Gasteiger partial charge in [0.2, 0.25) is 0 Å². The van der Waals surface area contributed by atoms with Crippen LogP contribution in [0.3, 0.4) is 0 Å². The van der Waals surface area contributed by atoms with Gasteiger partial charge in [-0.2, -0.15) is 0 Å². The zero-order valence-electron chi connectivity index (χ0n) is 12.1. The fourth-order valence-electron chi connectivity index (χ4n) is 3.51. The van der Waals surface area contributed by atoms with Crippen LogP contribution < -0.4 is 0 Å². The Labute approximate surface area is 115 Å². The highest BCUT2D eigenvalue weighted by molar-refractivity contribution is 7.32.